The lowest BCUT2D eigenvalue weighted by atomic mass is 10.2. The van der Waals surface area contributed by atoms with Gasteiger partial charge in [0, 0.05) is 24.3 Å². The highest BCUT2D eigenvalue weighted by molar-refractivity contribution is 5.42. The summed E-state index contributed by atoms with van der Waals surface area (Å²) in [5.41, 5.74) is 1.18. The zero-order valence-corrected chi connectivity index (χ0v) is 10.5. The molecule has 1 aromatic heterocycles. The molecule has 0 aromatic carbocycles. The van der Waals surface area contributed by atoms with Crippen LogP contribution >= 0.6 is 0 Å². The van der Waals surface area contributed by atoms with Gasteiger partial charge in [-0.15, -0.1) is 0 Å². The maximum absolute atomic E-state index is 4.56. The van der Waals surface area contributed by atoms with Gasteiger partial charge >= 0.3 is 0 Å². The van der Waals surface area contributed by atoms with Crippen molar-refractivity contribution in [2.75, 3.05) is 11.4 Å². The van der Waals surface area contributed by atoms with Crippen LogP contribution in [0.15, 0.2) is 6.07 Å². The standard InChI is InChI=1S/C13H21N3/c1-4-6-12-9-13(15-11(3)14-12)16-8-5-7-10(16)2/h9-10H,4-8H2,1-3H3. The van der Waals surface area contributed by atoms with E-state index >= 15 is 0 Å². The topological polar surface area (TPSA) is 29.0 Å². The van der Waals surface area contributed by atoms with E-state index in [1.807, 2.05) is 6.92 Å². The van der Waals surface area contributed by atoms with E-state index < -0.39 is 0 Å². The van der Waals surface area contributed by atoms with E-state index in [1.54, 1.807) is 0 Å². The predicted octanol–water partition coefficient (Wildman–Crippen LogP) is 2.73. The minimum Gasteiger partial charge on any atom is -0.354 e. The molecule has 16 heavy (non-hydrogen) atoms. The minimum absolute atomic E-state index is 0.628. The van der Waals surface area contributed by atoms with E-state index in [9.17, 15) is 0 Å². The van der Waals surface area contributed by atoms with Crippen molar-refractivity contribution in [1.82, 2.24) is 9.97 Å². The van der Waals surface area contributed by atoms with Gasteiger partial charge in [-0.3, -0.25) is 0 Å². The summed E-state index contributed by atoms with van der Waals surface area (Å²) in [6.45, 7) is 7.60. The molecular weight excluding hydrogens is 198 g/mol. The van der Waals surface area contributed by atoms with Crippen LogP contribution in [0.4, 0.5) is 5.82 Å². The molecule has 0 spiro atoms. The maximum Gasteiger partial charge on any atom is 0.132 e. The Morgan fingerprint density at radius 2 is 2.25 bits per heavy atom. The molecule has 1 atom stereocenters. The molecule has 3 heteroatoms. The molecule has 0 saturated carbocycles. The van der Waals surface area contributed by atoms with E-state index in [4.69, 9.17) is 0 Å². The van der Waals surface area contributed by atoms with E-state index in [0.717, 1.165) is 31.0 Å². The summed E-state index contributed by atoms with van der Waals surface area (Å²) in [7, 11) is 0. The first-order valence-electron chi connectivity index (χ1n) is 6.32. The Labute approximate surface area is 97.9 Å². The molecule has 0 bridgehead atoms. The highest BCUT2D eigenvalue weighted by atomic mass is 15.2. The van der Waals surface area contributed by atoms with E-state index in [1.165, 1.54) is 18.5 Å². The molecule has 1 aromatic rings. The number of hydrogen-bond donors (Lipinski definition) is 0. The highest BCUT2D eigenvalue weighted by Gasteiger charge is 2.22. The number of anilines is 1. The largest absolute Gasteiger partial charge is 0.354 e. The summed E-state index contributed by atoms with van der Waals surface area (Å²) in [6.07, 6.45) is 4.77. The predicted molar refractivity (Wildman–Crippen MR) is 66.8 cm³/mol. The van der Waals surface area contributed by atoms with Crippen molar-refractivity contribution in [3.05, 3.63) is 17.6 Å². The third-order valence-electron chi connectivity index (χ3n) is 3.23. The molecule has 2 heterocycles. The van der Waals surface area contributed by atoms with Crippen LogP contribution in [0.25, 0.3) is 0 Å². The van der Waals surface area contributed by atoms with Crippen LogP contribution in [0.5, 0.6) is 0 Å². The van der Waals surface area contributed by atoms with Crippen molar-refractivity contribution in [2.45, 2.75) is 52.5 Å². The van der Waals surface area contributed by atoms with Crippen LogP contribution in [0.2, 0.25) is 0 Å². The minimum atomic E-state index is 0.628. The zero-order valence-electron chi connectivity index (χ0n) is 10.5. The molecule has 1 aliphatic heterocycles. The molecule has 1 aliphatic rings. The Bertz CT molecular complexity index is 362. The summed E-state index contributed by atoms with van der Waals surface area (Å²) >= 11 is 0. The molecular formula is C13H21N3. The van der Waals surface area contributed by atoms with Crippen molar-refractivity contribution in [1.29, 1.82) is 0 Å². The number of aromatic nitrogens is 2. The van der Waals surface area contributed by atoms with Crippen molar-refractivity contribution in [3.8, 4) is 0 Å². The van der Waals surface area contributed by atoms with Crippen LogP contribution in [0.3, 0.4) is 0 Å². The van der Waals surface area contributed by atoms with Crippen LogP contribution in [-0.2, 0) is 6.42 Å². The fraction of sp³-hybridized carbons (Fsp3) is 0.692. The quantitative estimate of drug-likeness (QED) is 0.782. The third-order valence-corrected chi connectivity index (χ3v) is 3.23. The lowest BCUT2D eigenvalue weighted by Crippen LogP contribution is -2.27. The van der Waals surface area contributed by atoms with Gasteiger partial charge in [0.15, 0.2) is 0 Å². The summed E-state index contributed by atoms with van der Waals surface area (Å²) in [5.74, 6) is 2.03. The molecule has 2 rings (SSSR count). The first kappa shape index (κ1) is 11.4. The lowest BCUT2D eigenvalue weighted by Gasteiger charge is -2.23. The fourth-order valence-corrected chi connectivity index (χ4v) is 2.42. The van der Waals surface area contributed by atoms with Gasteiger partial charge in [0.25, 0.3) is 0 Å². The SMILES string of the molecule is CCCc1cc(N2CCCC2C)nc(C)n1. The number of hydrogen-bond acceptors (Lipinski definition) is 3. The molecule has 3 nitrogen and oxygen atoms in total. The van der Waals surface area contributed by atoms with Crippen LogP contribution in [0.1, 0.15) is 44.6 Å². The summed E-state index contributed by atoms with van der Waals surface area (Å²) < 4.78 is 0. The first-order valence-corrected chi connectivity index (χ1v) is 6.32. The number of nitrogens with zero attached hydrogens (tertiary/aromatic N) is 3. The molecule has 88 valence electrons. The van der Waals surface area contributed by atoms with Gasteiger partial charge in [-0.25, -0.2) is 9.97 Å². The Morgan fingerprint density at radius 3 is 2.88 bits per heavy atom. The van der Waals surface area contributed by atoms with Gasteiger partial charge in [0.2, 0.25) is 0 Å². The van der Waals surface area contributed by atoms with Crippen molar-refractivity contribution < 1.29 is 0 Å². The van der Waals surface area contributed by atoms with Gasteiger partial charge in [-0.05, 0) is 33.1 Å². The lowest BCUT2D eigenvalue weighted by molar-refractivity contribution is 0.721. The normalized spacial score (nSPS) is 20.4. The van der Waals surface area contributed by atoms with Crippen LogP contribution < -0.4 is 4.90 Å². The second-order valence-electron chi connectivity index (χ2n) is 4.70. The first-order chi connectivity index (χ1) is 7.70. The van der Waals surface area contributed by atoms with Crippen molar-refractivity contribution in [2.24, 2.45) is 0 Å². The van der Waals surface area contributed by atoms with Gasteiger partial charge in [0.1, 0.15) is 11.6 Å². The average molecular weight is 219 g/mol. The number of rotatable bonds is 3. The van der Waals surface area contributed by atoms with Crippen LogP contribution in [-0.4, -0.2) is 22.6 Å². The Morgan fingerprint density at radius 1 is 1.44 bits per heavy atom. The Kier molecular flexibility index (Phi) is 3.42. The van der Waals surface area contributed by atoms with E-state index in [2.05, 4.69) is 34.8 Å². The molecule has 1 fully saturated rings. The summed E-state index contributed by atoms with van der Waals surface area (Å²) in [4.78, 5) is 11.5. The van der Waals surface area contributed by atoms with Gasteiger partial charge in [-0.1, -0.05) is 13.3 Å². The van der Waals surface area contributed by atoms with Gasteiger partial charge in [0.05, 0.1) is 0 Å². The smallest absolute Gasteiger partial charge is 0.132 e. The molecule has 0 radical (unpaired) electrons. The van der Waals surface area contributed by atoms with E-state index in [0.29, 0.717) is 6.04 Å². The summed E-state index contributed by atoms with van der Waals surface area (Å²) in [6, 6.07) is 2.79. The van der Waals surface area contributed by atoms with E-state index in [-0.39, 0.29) is 0 Å². The molecule has 1 saturated heterocycles. The van der Waals surface area contributed by atoms with Crippen LogP contribution in [0, 0.1) is 6.92 Å². The Balaban J connectivity index is 2.25. The van der Waals surface area contributed by atoms with Gasteiger partial charge in [-0.2, -0.15) is 0 Å². The zero-order chi connectivity index (χ0) is 11.5. The average Bonchev–Trinajstić information content (AvgIpc) is 2.64. The fourth-order valence-electron chi connectivity index (χ4n) is 2.42. The van der Waals surface area contributed by atoms with Crippen molar-refractivity contribution in [3.63, 3.8) is 0 Å². The highest BCUT2D eigenvalue weighted by Crippen LogP contribution is 2.24. The third kappa shape index (κ3) is 2.34. The molecule has 0 N–H and O–H groups in total. The Hall–Kier alpha value is -1.12. The second-order valence-corrected chi connectivity index (χ2v) is 4.70. The number of aryl methyl sites for hydroxylation is 2. The van der Waals surface area contributed by atoms with Gasteiger partial charge < -0.3 is 4.90 Å². The monoisotopic (exact) mass is 219 g/mol. The molecule has 1 unspecified atom stereocenters. The maximum atomic E-state index is 4.56. The second kappa shape index (κ2) is 4.81. The molecule has 0 amide bonds. The van der Waals surface area contributed by atoms with Crippen molar-refractivity contribution >= 4 is 5.82 Å². The molecule has 0 aliphatic carbocycles. The summed E-state index contributed by atoms with van der Waals surface area (Å²) in [5, 5.41) is 0.